The van der Waals surface area contributed by atoms with Crippen molar-refractivity contribution in [2.24, 2.45) is 0 Å². The lowest BCUT2D eigenvalue weighted by Crippen LogP contribution is -2.30. The average Bonchev–Trinajstić information content (AvgIpc) is 3.03. The van der Waals surface area contributed by atoms with E-state index < -0.39 is 0 Å². The van der Waals surface area contributed by atoms with E-state index in [4.69, 9.17) is 5.11 Å². The van der Waals surface area contributed by atoms with Crippen LogP contribution in [0.1, 0.15) is 31.5 Å². The van der Waals surface area contributed by atoms with Gasteiger partial charge in [0.25, 0.3) is 0 Å². The van der Waals surface area contributed by atoms with Crippen molar-refractivity contribution >= 4 is 11.5 Å². The van der Waals surface area contributed by atoms with E-state index in [0.29, 0.717) is 17.5 Å². The summed E-state index contributed by atoms with van der Waals surface area (Å²) in [5, 5.41) is 15.4. The van der Waals surface area contributed by atoms with Crippen LogP contribution < -0.4 is 10.6 Å². The van der Waals surface area contributed by atoms with Crippen LogP contribution in [0.4, 0.5) is 5.82 Å². The van der Waals surface area contributed by atoms with Crippen LogP contribution in [0.2, 0.25) is 0 Å². The van der Waals surface area contributed by atoms with Crippen molar-refractivity contribution in [1.82, 2.24) is 19.6 Å². The second-order valence-corrected chi connectivity index (χ2v) is 5.24. The number of aliphatic hydroxyl groups excluding tert-OH is 1. The minimum Gasteiger partial charge on any atom is -0.396 e. The van der Waals surface area contributed by atoms with Crippen LogP contribution in [-0.4, -0.2) is 43.9 Å². The molecule has 0 aliphatic carbocycles. The van der Waals surface area contributed by atoms with E-state index in [1.807, 2.05) is 13.0 Å². The number of aliphatic hydroxyl groups is 1. The largest absolute Gasteiger partial charge is 0.396 e. The van der Waals surface area contributed by atoms with Crippen LogP contribution >= 0.6 is 0 Å². The van der Waals surface area contributed by atoms with Gasteiger partial charge in [0.1, 0.15) is 11.6 Å². The molecule has 1 saturated heterocycles. The van der Waals surface area contributed by atoms with Gasteiger partial charge in [-0.15, -0.1) is 0 Å². The Morgan fingerprint density at radius 2 is 2.40 bits per heavy atom. The number of fused-ring (bicyclic) bond motifs is 1. The Hall–Kier alpha value is -1.89. The zero-order valence-electron chi connectivity index (χ0n) is 11.5. The number of hydrogen-bond donors (Lipinski definition) is 2. The zero-order chi connectivity index (χ0) is 14.1. The van der Waals surface area contributed by atoms with Crippen LogP contribution in [0.3, 0.4) is 0 Å². The molecule has 0 aromatic carbocycles. The Morgan fingerprint density at radius 1 is 1.55 bits per heavy atom. The number of hydrogen-bond acceptors (Lipinski definition) is 5. The van der Waals surface area contributed by atoms with E-state index in [2.05, 4.69) is 20.1 Å². The molecular formula is C13H19N5O2. The molecule has 0 radical (unpaired) electrons. The first-order chi connectivity index (χ1) is 9.70. The van der Waals surface area contributed by atoms with Crippen molar-refractivity contribution < 1.29 is 5.11 Å². The minimum atomic E-state index is -0.255. The molecule has 2 aromatic heterocycles. The molecule has 1 unspecified atom stereocenters. The van der Waals surface area contributed by atoms with E-state index in [9.17, 15) is 4.79 Å². The number of nitrogens with one attached hydrogen (secondary N) is 1. The quantitative estimate of drug-likeness (QED) is 0.848. The first kappa shape index (κ1) is 13.1. The molecule has 1 atom stereocenters. The summed E-state index contributed by atoms with van der Waals surface area (Å²) in [5.74, 6) is 1.51. The third-order valence-corrected chi connectivity index (χ3v) is 3.92. The predicted molar refractivity (Wildman–Crippen MR) is 75.0 cm³/mol. The summed E-state index contributed by atoms with van der Waals surface area (Å²) < 4.78 is 1.47. The fraction of sp³-hybridized carbons (Fsp3) is 0.615. The van der Waals surface area contributed by atoms with Gasteiger partial charge in [-0.05, 0) is 32.6 Å². The zero-order valence-corrected chi connectivity index (χ0v) is 11.5. The van der Waals surface area contributed by atoms with Gasteiger partial charge < -0.3 is 10.0 Å². The first-order valence-electron chi connectivity index (χ1n) is 7.03. The van der Waals surface area contributed by atoms with Crippen LogP contribution in [0.5, 0.6) is 0 Å². The Morgan fingerprint density at radius 3 is 3.20 bits per heavy atom. The van der Waals surface area contributed by atoms with Gasteiger partial charge in [0.05, 0.1) is 0 Å². The summed E-state index contributed by atoms with van der Waals surface area (Å²) in [4.78, 5) is 18.4. The predicted octanol–water partition coefficient (Wildman–Crippen LogP) is 0.467. The number of nitrogens with zero attached hydrogens (tertiary/aromatic N) is 4. The molecule has 1 aliphatic rings. The highest BCUT2D eigenvalue weighted by atomic mass is 16.3. The van der Waals surface area contributed by atoms with E-state index >= 15 is 0 Å². The summed E-state index contributed by atoms with van der Waals surface area (Å²) in [7, 11) is 0. The molecule has 3 rings (SSSR count). The summed E-state index contributed by atoms with van der Waals surface area (Å²) in [5.41, 5.74) is 0.347. The fourth-order valence-electron chi connectivity index (χ4n) is 2.99. The van der Waals surface area contributed by atoms with Crippen molar-refractivity contribution in [2.45, 2.75) is 38.6 Å². The molecule has 108 valence electrons. The van der Waals surface area contributed by atoms with Crippen LogP contribution in [-0.2, 0) is 0 Å². The number of anilines is 1. The Balaban J connectivity index is 1.95. The third-order valence-electron chi connectivity index (χ3n) is 3.92. The molecule has 0 amide bonds. The maximum Gasteiger partial charge on any atom is 0.349 e. The molecule has 2 aromatic rings. The van der Waals surface area contributed by atoms with Crippen molar-refractivity contribution in [3.05, 3.63) is 22.4 Å². The van der Waals surface area contributed by atoms with Gasteiger partial charge in [0.2, 0.25) is 0 Å². The van der Waals surface area contributed by atoms with Crippen molar-refractivity contribution in [2.75, 3.05) is 18.1 Å². The van der Waals surface area contributed by atoms with E-state index in [0.717, 1.165) is 38.0 Å². The standard InChI is InChI=1S/C13H19N5O2/c1-9-14-11(8-12-15-16-13(20)18(9)12)17-6-2-4-10(17)5-3-7-19/h8,10,19H,2-7H2,1H3,(H,16,20). The van der Waals surface area contributed by atoms with Gasteiger partial charge in [-0.3, -0.25) is 0 Å². The van der Waals surface area contributed by atoms with Gasteiger partial charge in [0, 0.05) is 25.3 Å². The smallest absolute Gasteiger partial charge is 0.349 e. The molecule has 2 N–H and O–H groups in total. The highest BCUT2D eigenvalue weighted by Gasteiger charge is 2.26. The number of aromatic amines is 1. The summed E-state index contributed by atoms with van der Waals surface area (Å²) in [6.45, 7) is 3.00. The van der Waals surface area contributed by atoms with Gasteiger partial charge in [-0.1, -0.05) is 0 Å². The van der Waals surface area contributed by atoms with Crippen LogP contribution in [0, 0.1) is 6.92 Å². The number of rotatable bonds is 4. The molecule has 1 fully saturated rings. The maximum atomic E-state index is 11.6. The SMILES string of the molecule is Cc1nc(N2CCCC2CCCO)cc2n[nH]c(=O)n12. The molecule has 20 heavy (non-hydrogen) atoms. The number of aryl methyl sites for hydroxylation is 1. The topological polar surface area (TPSA) is 86.5 Å². The lowest BCUT2D eigenvalue weighted by Gasteiger charge is -2.25. The number of aromatic nitrogens is 4. The van der Waals surface area contributed by atoms with Crippen molar-refractivity contribution in [3.63, 3.8) is 0 Å². The summed E-state index contributed by atoms with van der Waals surface area (Å²) in [6.07, 6.45) is 4.04. The molecule has 3 heterocycles. The van der Waals surface area contributed by atoms with Crippen LogP contribution in [0.25, 0.3) is 5.65 Å². The van der Waals surface area contributed by atoms with Crippen molar-refractivity contribution in [3.8, 4) is 0 Å². The minimum absolute atomic E-state index is 0.227. The molecule has 7 heteroatoms. The average molecular weight is 277 g/mol. The molecule has 0 bridgehead atoms. The second kappa shape index (κ2) is 5.24. The normalized spacial score (nSPS) is 19.1. The van der Waals surface area contributed by atoms with E-state index in [1.54, 1.807) is 0 Å². The monoisotopic (exact) mass is 277 g/mol. The number of H-pyrrole nitrogens is 1. The van der Waals surface area contributed by atoms with Gasteiger partial charge in [-0.2, -0.15) is 5.10 Å². The maximum absolute atomic E-state index is 11.6. The Kier molecular flexibility index (Phi) is 3.43. The van der Waals surface area contributed by atoms with E-state index in [1.165, 1.54) is 4.40 Å². The molecule has 7 nitrogen and oxygen atoms in total. The first-order valence-corrected chi connectivity index (χ1v) is 7.03. The summed E-state index contributed by atoms with van der Waals surface area (Å²) >= 11 is 0. The Bertz CT molecular complexity index is 662. The highest BCUT2D eigenvalue weighted by Crippen LogP contribution is 2.27. The fourth-order valence-corrected chi connectivity index (χ4v) is 2.99. The molecule has 0 spiro atoms. The molecule has 1 aliphatic heterocycles. The third kappa shape index (κ3) is 2.18. The van der Waals surface area contributed by atoms with Gasteiger partial charge >= 0.3 is 5.69 Å². The van der Waals surface area contributed by atoms with E-state index in [-0.39, 0.29) is 12.3 Å². The lowest BCUT2D eigenvalue weighted by atomic mass is 10.1. The molecular weight excluding hydrogens is 258 g/mol. The van der Waals surface area contributed by atoms with Crippen molar-refractivity contribution in [1.29, 1.82) is 0 Å². The highest BCUT2D eigenvalue weighted by molar-refractivity contribution is 5.52. The van der Waals surface area contributed by atoms with Crippen LogP contribution in [0.15, 0.2) is 10.9 Å². The van der Waals surface area contributed by atoms with Gasteiger partial charge in [0.15, 0.2) is 5.65 Å². The molecule has 0 saturated carbocycles. The lowest BCUT2D eigenvalue weighted by molar-refractivity contribution is 0.279. The summed E-state index contributed by atoms with van der Waals surface area (Å²) in [6, 6.07) is 2.27. The Labute approximate surface area is 116 Å². The second-order valence-electron chi connectivity index (χ2n) is 5.24. The van der Waals surface area contributed by atoms with Gasteiger partial charge in [-0.25, -0.2) is 19.3 Å².